The third-order valence-electron chi connectivity index (χ3n) is 4.79. The minimum Gasteiger partial charge on any atom is -0.353 e. The highest BCUT2D eigenvalue weighted by molar-refractivity contribution is 5.76. The van der Waals surface area contributed by atoms with Crippen LogP contribution in [0.5, 0.6) is 0 Å². The summed E-state index contributed by atoms with van der Waals surface area (Å²) in [5, 5.41) is 3.18. The SMILES string of the molecule is CN1CCC(NC(=O)CCc2ccc(-c3ccccc3)cc2)CC1. The second-order valence-electron chi connectivity index (χ2n) is 6.71. The number of piperidine rings is 1. The molecule has 3 heteroatoms. The van der Waals surface area contributed by atoms with Crippen LogP contribution in [0.15, 0.2) is 54.6 Å². The fourth-order valence-electron chi connectivity index (χ4n) is 3.21. The van der Waals surface area contributed by atoms with Crippen LogP contribution < -0.4 is 5.32 Å². The van der Waals surface area contributed by atoms with Crippen molar-refractivity contribution in [2.45, 2.75) is 31.7 Å². The Labute approximate surface area is 144 Å². The molecule has 0 radical (unpaired) electrons. The summed E-state index contributed by atoms with van der Waals surface area (Å²) >= 11 is 0. The fourth-order valence-corrected chi connectivity index (χ4v) is 3.21. The number of carbonyl (C=O) groups excluding carboxylic acids is 1. The Morgan fingerprint density at radius 3 is 2.29 bits per heavy atom. The van der Waals surface area contributed by atoms with E-state index in [1.807, 2.05) is 6.07 Å². The summed E-state index contributed by atoms with van der Waals surface area (Å²) in [7, 11) is 2.14. The Morgan fingerprint density at radius 1 is 1.00 bits per heavy atom. The Balaban J connectivity index is 1.47. The number of carbonyl (C=O) groups is 1. The maximum Gasteiger partial charge on any atom is 0.220 e. The Bertz CT molecular complexity index is 643. The van der Waals surface area contributed by atoms with E-state index in [0.717, 1.165) is 32.4 Å². The number of nitrogens with one attached hydrogen (secondary N) is 1. The first-order valence-electron chi connectivity index (χ1n) is 8.83. The van der Waals surface area contributed by atoms with E-state index in [4.69, 9.17) is 0 Å². The van der Waals surface area contributed by atoms with Gasteiger partial charge in [-0.05, 0) is 56.1 Å². The van der Waals surface area contributed by atoms with Gasteiger partial charge in [-0.3, -0.25) is 4.79 Å². The van der Waals surface area contributed by atoms with E-state index in [2.05, 4.69) is 65.8 Å². The highest BCUT2D eigenvalue weighted by atomic mass is 16.1. The lowest BCUT2D eigenvalue weighted by Gasteiger charge is -2.29. The van der Waals surface area contributed by atoms with E-state index in [9.17, 15) is 4.79 Å². The standard InChI is InChI=1S/C21H26N2O/c1-23-15-13-20(14-16-23)22-21(24)12-9-17-7-10-19(11-8-17)18-5-3-2-4-6-18/h2-8,10-11,20H,9,12-16H2,1H3,(H,22,24). The van der Waals surface area contributed by atoms with Crippen molar-refractivity contribution >= 4 is 5.91 Å². The predicted octanol–water partition coefficient (Wildman–Crippen LogP) is 3.50. The molecule has 1 saturated heterocycles. The smallest absolute Gasteiger partial charge is 0.220 e. The van der Waals surface area contributed by atoms with E-state index < -0.39 is 0 Å². The molecule has 0 bridgehead atoms. The van der Waals surface area contributed by atoms with Gasteiger partial charge < -0.3 is 10.2 Å². The van der Waals surface area contributed by atoms with Crippen molar-refractivity contribution in [3.05, 3.63) is 60.2 Å². The molecule has 24 heavy (non-hydrogen) atoms. The van der Waals surface area contributed by atoms with Crippen molar-refractivity contribution in [2.75, 3.05) is 20.1 Å². The Morgan fingerprint density at radius 2 is 1.62 bits per heavy atom. The quantitative estimate of drug-likeness (QED) is 0.914. The molecule has 1 aliphatic rings. The molecule has 0 atom stereocenters. The van der Waals surface area contributed by atoms with Crippen LogP contribution in [0.2, 0.25) is 0 Å². The summed E-state index contributed by atoms with van der Waals surface area (Å²) in [6.45, 7) is 2.15. The maximum atomic E-state index is 12.1. The van der Waals surface area contributed by atoms with Crippen LogP contribution in [-0.4, -0.2) is 37.0 Å². The Hall–Kier alpha value is -2.13. The van der Waals surface area contributed by atoms with Gasteiger partial charge in [-0.2, -0.15) is 0 Å². The summed E-state index contributed by atoms with van der Waals surface area (Å²) in [5.41, 5.74) is 3.66. The number of likely N-dealkylation sites (tertiary alicyclic amines) is 1. The van der Waals surface area contributed by atoms with Gasteiger partial charge in [-0.1, -0.05) is 54.6 Å². The predicted molar refractivity (Wildman–Crippen MR) is 98.9 cm³/mol. The second kappa shape index (κ2) is 8.11. The molecule has 1 aliphatic heterocycles. The molecule has 1 amide bonds. The zero-order chi connectivity index (χ0) is 16.8. The zero-order valence-electron chi connectivity index (χ0n) is 14.4. The first-order chi connectivity index (χ1) is 11.7. The van der Waals surface area contributed by atoms with E-state index in [0.29, 0.717) is 12.5 Å². The van der Waals surface area contributed by atoms with Gasteiger partial charge in [0.2, 0.25) is 5.91 Å². The second-order valence-corrected chi connectivity index (χ2v) is 6.71. The third kappa shape index (κ3) is 4.68. The lowest BCUT2D eigenvalue weighted by atomic mass is 10.0. The van der Waals surface area contributed by atoms with Gasteiger partial charge in [0.1, 0.15) is 0 Å². The van der Waals surface area contributed by atoms with Gasteiger partial charge in [0.25, 0.3) is 0 Å². The average molecular weight is 322 g/mol. The summed E-state index contributed by atoms with van der Waals surface area (Å²) in [4.78, 5) is 14.4. The van der Waals surface area contributed by atoms with Crippen LogP contribution in [0.4, 0.5) is 0 Å². The number of nitrogens with zero attached hydrogens (tertiary/aromatic N) is 1. The van der Waals surface area contributed by atoms with E-state index in [1.54, 1.807) is 0 Å². The molecule has 1 heterocycles. The molecule has 2 aromatic carbocycles. The van der Waals surface area contributed by atoms with E-state index in [1.165, 1.54) is 16.7 Å². The molecule has 3 rings (SSSR count). The van der Waals surface area contributed by atoms with Crippen molar-refractivity contribution in [2.24, 2.45) is 0 Å². The molecule has 0 aromatic heterocycles. The van der Waals surface area contributed by atoms with Gasteiger partial charge in [0.15, 0.2) is 0 Å². The van der Waals surface area contributed by atoms with Crippen molar-refractivity contribution in [3.8, 4) is 11.1 Å². The summed E-state index contributed by atoms with van der Waals surface area (Å²) in [5.74, 6) is 0.177. The molecule has 0 unspecified atom stereocenters. The average Bonchev–Trinajstić information content (AvgIpc) is 2.63. The molecule has 0 saturated carbocycles. The van der Waals surface area contributed by atoms with Crippen LogP contribution in [0.1, 0.15) is 24.8 Å². The van der Waals surface area contributed by atoms with Crippen molar-refractivity contribution in [3.63, 3.8) is 0 Å². The lowest BCUT2D eigenvalue weighted by Crippen LogP contribution is -2.43. The highest BCUT2D eigenvalue weighted by Crippen LogP contribution is 2.19. The monoisotopic (exact) mass is 322 g/mol. The molecular weight excluding hydrogens is 296 g/mol. The van der Waals surface area contributed by atoms with E-state index in [-0.39, 0.29) is 5.91 Å². The highest BCUT2D eigenvalue weighted by Gasteiger charge is 2.18. The molecule has 3 nitrogen and oxygen atoms in total. The van der Waals surface area contributed by atoms with E-state index >= 15 is 0 Å². The lowest BCUT2D eigenvalue weighted by molar-refractivity contribution is -0.122. The van der Waals surface area contributed by atoms with Gasteiger partial charge in [-0.15, -0.1) is 0 Å². The minimum absolute atomic E-state index is 0.177. The fraction of sp³-hybridized carbons (Fsp3) is 0.381. The molecule has 0 aliphatic carbocycles. The summed E-state index contributed by atoms with van der Waals surface area (Å²) < 4.78 is 0. The van der Waals surface area contributed by atoms with Crippen molar-refractivity contribution in [1.82, 2.24) is 10.2 Å². The number of amides is 1. The van der Waals surface area contributed by atoms with Crippen LogP contribution in [-0.2, 0) is 11.2 Å². The maximum absolute atomic E-state index is 12.1. The topological polar surface area (TPSA) is 32.3 Å². The molecule has 2 aromatic rings. The zero-order valence-corrected chi connectivity index (χ0v) is 14.4. The normalized spacial score (nSPS) is 16.0. The summed E-state index contributed by atoms with van der Waals surface area (Å²) in [6, 6.07) is 19.3. The minimum atomic E-state index is 0.177. The number of benzene rings is 2. The Kier molecular flexibility index (Phi) is 5.65. The molecule has 0 spiro atoms. The molecule has 126 valence electrons. The summed E-state index contributed by atoms with van der Waals surface area (Å²) in [6.07, 6.45) is 3.49. The van der Waals surface area contributed by atoms with Gasteiger partial charge in [0, 0.05) is 12.5 Å². The van der Waals surface area contributed by atoms with Crippen LogP contribution in [0.3, 0.4) is 0 Å². The number of aryl methyl sites for hydroxylation is 1. The molecule has 1 N–H and O–H groups in total. The van der Waals surface area contributed by atoms with Crippen molar-refractivity contribution < 1.29 is 4.79 Å². The van der Waals surface area contributed by atoms with Gasteiger partial charge >= 0.3 is 0 Å². The third-order valence-corrected chi connectivity index (χ3v) is 4.79. The van der Waals surface area contributed by atoms with Gasteiger partial charge in [-0.25, -0.2) is 0 Å². The van der Waals surface area contributed by atoms with Crippen molar-refractivity contribution in [1.29, 1.82) is 0 Å². The number of rotatable bonds is 5. The number of hydrogen-bond acceptors (Lipinski definition) is 2. The van der Waals surface area contributed by atoms with Crippen LogP contribution >= 0.6 is 0 Å². The van der Waals surface area contributed by atoms with Crippen LogP contribution in [0.25, 0.3) is 11.1 Å². The van der Waals surface area contributed by atoms with Gasteiger partial charge in [0.05, 0.1) is 0 Å². The number of hydrogen-bond donors (Lipinski definition) is 1. The molecular formula is C21H26N2O. The van der Waals surface area contributed by atoms with Crippen LogP contribution in [0, 0.1) is 0 Å². The first-order valence-corrected chi connectivity index (χ1v) is 8.83. The largest absolute Gasteiger partial charge is 0.353 e. The first kappa shape index (κ1) is 16.7. The molecule has 1 fully saturated rings.